The first-order valence-electron chi connectivity index (χ1n) is 11.6. The van der Waals surface area contributed by atoms with E-state index in [2.05, 4.69) is 12.2 Å². The minimum atomic E-state index is -1.17. The number of unbranched alkanes of at least 4 members (excludes halogenated alkanes) is 3. The Labute approximate surface area is 198 Å². The van der Waals surface area contributed by atoms with E-state index in [0.717, 1.165) is 36.6 Å². The van der Waals surface area contributed by atoms with Crippen LogP contribution in [0.4, 0.5) is 0 Å². The van der Waals surface area contributed by atoms with Gasteiger partial charge < -0.3 is 19.6 Å². The Morgan fingerprint density at radius 1 is 1.03 bits per heavy atom. The van der Waals surface area contributed by atoms with Gasteiger partial charge in [0, 0.05) is 16.5 Å². The fourth-order valence-corrected chi connectivity index (χ4v) is 4.02. The van der Waals surface area contributed by atoms with Crippen molar-refractivity contribution in [3.8, 4) is 5.75 Å². The number of hydrogen-bond donors (Lipinski definition) is 2. The topological polar surface area (TPSA) is 106 Å². The predicted molar refractivity (Wildman–Crippen MR) is 130 cm³/mol. The SMILES string of the molecule is CCCCCCc1c(C)c2ccc(OCC(=O)NC(C(=O)O)c3ccccc3)c(C)c2oc1=O. The third kappa shape index (κ3) is 5.84. The lowest BCUT2D eigenvalue weighted by molar-refractivity contribution is -0.142. The number of nitrogens with one attached hydrogen (secondary N) is 1. The van der Waals surface area contributed by atoms with Gasteiger partial charge in [0.25, 0.3) is 5.91 Å². The van der Waals surface area contributed by atoms with E-state index in [1.807, 2.05) is 13.0 Å². The van der Waals surface area contributed by atoms with Crippen molar-refractivity contribution < 1.29 is 23.8 Å². The second-order valence-corrected chi connectivity index (χ2v) is 8.41. The number of carboxylic acids is 1. The molecular weight excluding hydrogens is 434 g/mol. The van der Waals surface area contributed by atoms with E-state index in [4.69, 9.17) is 9.15 Å². The molecule has 3 aromatic rings. The number of rotatable bonds is 11. The summed E-state index contributed by atoms with van der Waals surface area (Å²) in [5.41, 5.74) is 2.78. The molecule has 0 aliphatic heterocycles. The second kappa shape index (κ2) is 11.5. The Hall–Kier alpha value is -3.61. The van der Waals surface area contributed by atoms with Gasteiger partial charge in [-0.15, -0.1) is 0 Å². The standard InChI is InChI=1S/C27H31NO6/c1-4-5-6-10-13-21-17(2)20-14-15-22(18(3)25(20)34-27(21)32)33-16-23(29)28-24(26(30)31)19-11-8-7-9-12-19/h7-9,11-12,14-15,24H,4-6,10,13,16H2,1-3H3,(H,28,29)(H,30,31). The van der Waals surface area contributed by atoms with Gasteiger partial charge in [-0.05, 0) is 49.9 Å². The highest BCUT2D eigenvalue weighted by molar-refractivity contribution is 5.87. The average Bonchev–Trinajstić information content (AvgIpc) is 2.82. The zero-order chi connectivity index (χ0) is 24.7. The third-order valence-corrected chi connectivity index (χ3v) is 5.98. The van der Waals surface area contributed by atoms with Crippen LogP contribution in [0.1, 0.15) is 60.9 Å². The molecule has 7 nitrogen and oxygen atoms in total. The molecule has 1 amide bonds. The van der Waals surface area contributed by atoms with Gasteiger partial charge in [0.15, 0.2) is 12.6 Å². The van der Waals surface area contributed by atoms with Crippen molar-refractivity contribution in [1.82, 2.24) is 5.32 Å². The molecule has 0 aliphatic carbocycles. The zero-order valence-electron chi connectivity index (χ0n) is 19.8. The van der Waals surface area contributed by atoms with Gasteiger partial charge >= 0.3 is 11.6 Å². The normalized spacial score (nSPS) is 11.9. The van der Waals surface area contributed by atoms with Gasteiger partial charge in [0.05, 0.1) is 0 Å². The molecule has 2 N–H and O–H groups in total. The summed E-state index contributed by atoms with van der Waals surface area (Å²) in [6.07, 6.45) is 4.99. The number of benzene rings is 2. The van der Waals surface area contributed by atoms with Crippen LogP contribution in [0, 0.1) is 13.8 Å². The number of ether oxygens (including phenoxy) is 1. The van der Waals surface area contributed by atoms with Gasteiger partial charge in [-0.2, -0.15) is 0 Å². The highest BCUT2D eigenvalue weighted by atomic mass is 16.5. The fourth-order valence-electron chi connectivity index (χ4n) is 4.02. The number of carbonyl (C=O) groups excluding carboxylic acids is 1. The first-order valence-corrected chi connectivity index (χ1v) is 11.6. The minimum Gasteiger partial charge on any atom is -0.483 e. The highest BCUT2D eigenvalue weighted by Crippen LogP contribution is 2.30. The van der Waals surface area contributed by atoms with Crippen LogP contribution < -0.4 is 15.7 Å². The molecule has 0 saturated carbocycles. The summed E-state index contributed by atoms with van der Waals surface area (Å²) < 4.78 is 11.3. The van der Waals surface area contributed by atoms with E-state index in [1.54, 1.807) is 43.3 Å². The van der Waals surface area contributed by atoms with Crippen LogP contribution in [0.5, 0.6) is 5.75 Å². The first-order chi connectivity index (χ1) is 16.3. The number of aliphatic carboxylic acids is 1. The van der Waals surface area contributed by atoms with Crippen LogP contribution in [0.25, 0.3) is 11.0 Å². The maximum atomic E-state index is 12.6. The van der Waals surface area contributed by atoms with Crippen molar-refractivity contribution in [3.63, 3.8) is 0 Å². The van der Waals surface area contributed by atoms with E-state index < -0.39 is 17.9 Å². The number of carboxylic acid groups (broad SMARTS) is 1. The van der Waals surface area contributed by atoms with Gasteiger partial charge in [-0.25, -0.2) is 9.59 Å². The maximum Gasteiger partial charge on any atom is 0.339 e. The molecule has 2 aromatic carbocycles. The fraction of sp³-hybridized carbons (Fsp3) is 0.370. The quantitative estimate of drug-likeness (QED) is 0.310. The molecular formula is C27H31NO6. The van der Waals surface area contributed by atoms with Gasteiger partial charge in [0.1, 0.15) is 11.3 Å². The van der Waals surface area contributed by atoms with Crippen molar-refractivity contribution in [2.45, 2.75) is 58.9 Å². The largest absolute Gasteiger partial charge is 0.483 e. The number of aryl methyl sites for hydroxylation is 2. The number of amides is 1. The lowest BCUT2D eigenvalue weighted by Gasteiger charge is -2.16. The van der Waals surface area contributed by atoms with Crippen LogP contribution in [-0.4, -0.2) is 23.6 Å². The van der Waals surface area contributed by atoms with Crippen molar-refractivity contribution in [3.05, 3.63) is 75.1 Å². The van der Waals surface area contributed by atoms with Crippen molar-refractivity contribution in [2.75, 3.05) is 6.61 Å². The van der Waals surface area contributed by atoms with Crippen LogP contribution in [-0.2, 0) is 16.0 Å². The Bertz CT molecular complexity index is 1220. The Morgan fingerprint density at radius 2 is 1.76 bits per heavy atom. The molecule has 0 saturated heterocycles. The smallest absolute Gasteiger partial charge is 0.339 e. The van der Waals surface area contributed by atoms with Crippen LogP contribution in [0.3, 0.4) is 0 Å². The zero-order valence-corrected chi connectivity index (χ0v) is 19.8. The van der Waals surface area contributed by atoms with Crippen LogP contribution in [0.15, 0.2) is 51.7 Å². The van der Waals surface area contributed by atoms with E-state index in [9.17, 15) is 19.5 Å². The summed E-state index contributed by atoms with van der Waals surface area (Å²) in [7, 11) is 0. The van der Waals surface area contributed by atoms with Crippen LogP contribution in [0.2, 0.25) is 0 Å². The molecule has 7 heteroatoms. The summed E-state index contributed by atoms with van der Waals surface area (Å²) in [6.45, 7) is 5.47. The summed E-state index contributed by atoms with van der Waals surface area (Å²) in [6, 6.07) is 10.8. The minimum absolute atomic E-state index is 0.341. The first kappa shape index (κ1) is 25.0. The van der Waals surface area contributed by atoms with E-state index >= 15 is 0 Å². The molecule has 0 bridgehead atoms. The Balaban J connectivity index is 1.74. The second-order valence-electron chi connectivity index (χ2n) is 8.41. The number of hydrogen-bond acceptors (Lipinski definition) is 5. The molecule has 1 heterocycles. The van der Waals surface area contributed by atoms with Crippen molar-refractivity contribution in [2.24, 2.45) is 0 Å². The number of fused-ring (bicyclic) bond motifs is 1. The molecule has 0 spiro atoms. The highest BCUT2D eigenvalue weighted by Gasteiger charge is 2.22. The average molecular weight is 466 g/mol. The lowest BCUT2D eigenvalue weighted by atomic mass is 9.99. The molecule has 180 valence electrons. The van der Waals surface area contributed by atoms with Crippen molar-refractivity contribution in [1.29, 1.82) is 0 Å². The molecule has 0 radical (unpaired) electrons. The summed E-state index contributed by atoms with van der Waals surface area (Å²) >= 11 is 0. The molecule has 0 fully saturated rings. The third-order valence-electron chi connectivity index (χ3n) is 5.98. The van der Waals surface area contributed by atoms with Gasteiger partial charge in [-0.3, -0.25) is 4.79 Å². The molecule has 0 aliphatic rings. The Kier molecular flexibility index (Phi) is 8.46. The molecule has 1 atom stereocenters. The predicted octanol–water partition coefficient (Wildman–Crippen LogP) is 4.85. The van der Waals surface area contributed by atoms with Gasteiger partial charge in [-0.1, -0.05) is 56.5 Å². The maximum absolute atomic E-state index is 12.6. The van der Waals surface area contributed by atoms with Crippen LogP contribution >= 0.6 is 0 Å². The molecule has 3 rings (SSSR count). The van der Waals surface area contributed by atoms with Crippen molar-refractivity contribution >= 4 is 22.8 Å². The van der Waals surface area contributed by atoms with E-state index in [1.165, 1.54) is 0 Å². The summed E-state index contributed by atoms with van der Waals surface area (Å²) in [5, 5.41) is 12.8. The van der Waals surface area contributed by atoms with Gasteiger partial charge in [0.2, 0.25) is 0 Å². The lowest BCUT2D eigenvalue weighted by Crippen LogP contribution is -2.36. The van der Waals surface area contributed by atoms with E-state index in [0.29, 0.717) is 34.4 Å². The molecule has 1 aromatic heterocycles. The summed E-state index contributed by atoms with van der Waals surface area (Å²) in [4.78, 5) is 36.6. The molecule has 1 unspecified atom stereocenters. The van der Waals surface area contributed by atoms with E-state index in [-0.39, 0.29) is 12.2 Å². The summed E-state index contributed by atoms with van der Waals surface area (Å²) in [5.74, 6) is -1.34. The monoisotopic (exact) mass is 465 g/mol. The number of carbonyl (C=O) groups is 2. The molecule has 34 heavy (non-hydrogen) atoms. The Morgan fingerprint density at radius 3 is 2.44 bits per heavy atom.